The minimum atomic E-state index is -5.18. The van der Waals surface area contributed by atoms with Gasteiger partial charge in [0.2, 0.25) is 5.91 Å². The summed E-state index contributed by atoms with van der Waals surface area (Å²) in [6.07, 6.45) is -1.85. The van der Waals surface area contributed by atoms with E-state index in [4.69, 9.17) is 11.6 Å². The number of halogens is 1. The highest BCUT2D eigenvalue weighted by molar-refractivity contribution is 7.84. The Morgan fingerprint density at radius 2 is 2.06 bits per heavy atom. The van der Waals surface area contributed by atoms with Gasteiger partial charge in [0.15, 0.2) is 23.1 Å². The lowest BCUT2D eigenvalue weighted by atomic mass is 10.0. The maximum Gasteiger partial charge on any atom is 0.364 e. The average molecular weight is 538 g/mol. The lowest BCUT2D eigenvalue weighted by Crippen LogP contribution is -2.77. The van der Waals surface area contributed by atoms with Crippen molar-refractivity contribution in [3.8, 4) is 0 Å². The van der Waals surface area contributed by atoms with Crippen LogP contribution in [0.4, 0.5) is 9.93 Å². The van der Waals surface area contributed by atoms with Gasteiger partial charge in [0.05, 0.1) is 0 Å². The number of urea groups is 1. The molecule has 2 aliphatic heterocycles. The minimum Gasteiger partial charge on any atom is -0.398 e. The van der Waals surface area contributed by atoms with Crippen molar-refractivity contribution in [2.45, 2.75) is 12.2 Å². The number of rotatable bonds is 8. The van der Waals surface area contributed by atoms with E-state index >= 15 is 0 Å². The summed E-state index contributed by atoms with van der Waals surface area (Å²) in [6.45, 7) is -0.407. The Hall–Kier alpha value is -3.35. The van der Waals surface area contributed by atoms with Crippen molar-refractivity contribution in [1.29, 1.82) is 0 Å². The van der Waals surface area contributed by atoms with E-state index in [1.165, 1.54) is 12.4 Å². The van der Waals surface area contributed by atoms with Crippen molar-refractivity contribution in [3.63, 3.8) is 0 Å². The molecule has 19 heteroatoms. The molecule has 0 saturated carbocycles. The molecule has 0 radical (unpaired) electrons. The van der Waals surface area contributed by atoms with Crippen LogP contribution in [0.15, 0.2) is 10.5 Å². The van der Waals surface area contributed by atoms with E-state index in [0.717, 1.165) is 23.3 Å². The van der Waals surface area contributed by atoms with E-state index in [2.05, 4.69) is 25.6 Å². The number of carbonyl (C=O) groups excluding carboxylic acids is 5. The number of amides is 6. The molecular formula is C15H16ClN7O9S2. The molecular weight excluding hydrogens is 522 g/mol. The number of β-lactam (4-membered cyclic amide) rings is 1. The highest BCUT2D eigenvalue weighted by Gasteiger charge is 2.61. The maximum atomic E-state index is 12.9. The van der Waals surface area contributed by atoms with E-state index in [1.807, 2.05) is 0 Å². The normalized spacial score (nSPS) is 21.0. The molecule has 6 amide bonds. The lowest BCUT2D eigenvalue weighted by Gasteiger charge is -2.46. The van der Waals surface area contributed by atoms with Gasteiger partial charge in [-0.3, -0.25) is 23.7 Å². The molecule has 34 heavy (non-hydrogen) atoms. The van der Waals surface area contributed by atoms with Crippen molar-refractivity contribution >= 4 is 73.7 Å². The number of nitrogens with zero attached hydrogens (tertiary/aromatic N) is 5. The van der Waals surface area contributed by atoms with Gasteiger partial charge in [0.1, 0.15) is 25.2 Å². The Morgan fingerprint density at radius 3 is 2.59 bits per heavy atom. The topological polar surface area (TPSA) is 208 Å². The van der Waals surface area contributed by atoms with Crippen LogP contribution in [0.2, 0.25) is 0 Å². The molecule has 184 valence electrons. The molecule has 0 unspecified atom stereocenters. The van der Waals surface area contributed by atoms with Gasteiger partial charge in [-0.1, -0.05) is 5.16 Å². The number of imide groups is 1. The van der Waals surface area contributed by atoms with E-state index in [0.29, 0.717) is 4.90 Å². The summed E-state index contributed by atoms with van der Waals surface area (Å²) in [5.74, 6) is -4.15. The Balaban J connectivity index is 1.88. The first kappa shape index (κ1) is 25.3. The molecule has 2 aliphatic rings. The first-order valence-electron chi connectivity index (χ1n) is 9.02. The van der Waals surface area contributed by atoms with Crippen LogP contribution in [0.1, 0.15) is 5.69 Å². The predicted octanol–water partition coefficient (Wildman–Crippen LogP) is -1.98. The van der Waals surface area contributed by atoms with Crippen LogP contribution in [0.5, 0.6) is 0 Å². The van der Waals surface area contributed by atoms with Crippen LogP contribution < -0.4 is 10.6 Å². The predicted molar refractivity (Wildman–Crippen MR) is 114 cm³/mol. The van der Waals surface area contributed by atoms with Gasteiger partial charge in [-0.2, -0.15) is 12.7 Å². The summed E-state index contributed by atoms with van der Waals surface area (Å²) in [6, 6.07) is -2.68. The molecule has 0 aliphatic carbocycles. The van der Waals surface area contributed by atoms with Gasteiger partial charge < -0.3 is 20.4 Å². The number of nitrogens with one attached hydrogen (secondary N) is 2. The molecule has 16 nitrogen and oxygen atoms in total. The number of hydrogen-bond acceptors (Lipinski definition) is 11. The van der Waals surface area contributed by atoms with E-state index in [9.17, 15) is 36.9 Å². The third kappa shape index (κ3) is 4.65. The summed E-state index contributed by atoms with van der Waals surface area (Å²) < 4.78 is 32.7. The van der Waals surface area contributed by atoms with Gasteiger partial charge in [-0.25, -0.2) is 14.7 Å². The fraction of sp³-hybridized carbons (Fsp3) is 0.400. The van der Waals surface area contributed by atoms with Crippen molar-refractivity contribution in [3.05, 3.63) is 11.1 Å². The molecule has 0 spiro atoms. The van der Waals surface area contributed by atoms with Gasteiger partial charge in [0, 0.05) is 12.4 Å². The molecule has 3 rings (SSSR count). The molecule has 1 aromatic rings. The summed E-state index contributed by atoms with van der Waals surface area (Å²) >= 11 is 6.33. The number of likely N-dealkylation sites (N-methyl/N-ethyl adjacent to an activating group) is 1. The third-order valence-electron chi connectivity index (χ3n) is 4.51. The second kappa shape index (κ2) is 9.49. The van der Waals surface area contributed by atoms with Crippen LogP contribution in [0.25, 0.3) is 0 Å². The fourth-order valence-electron chi connectivity index (χ4n) is 3.08. The summed E-state index contributed by atoms with van der Waals surface area (Å²) in [4.78, 5) is 71.3. The molecule has 2 saturated heterocycles. The van der Waals surface area contributed by atoms with Crippen LogP contribution in [0, 0.1) is 0 Å². The van der Waals surface area contributed by atoms with Crippen molar-refractivity contribution < 1.29 is 41.8 Å². The summed E-state index contributed by atoms with van der Waals surface area (Å²) in [5.41, 5.74) is -0.560. The third-order valence-corrected chi connectivity index (χ3v) is 6.40. The standard InChI is InChI=1S/C15H16ClN7O9S2/c1-21-4-8(25)22(15(21)28)12-10(13(27)23(12)34(29,30)31)19-11(26)9(20-32-2)6-5-33-14(17-6)18-7(24)3-16/h5,10,12H,3-4H2,1-2H3,(H,19,26)(H,17,18,24)(H,29,30,31)/b20-9-/t10-,12+/m0/s1. The van der Waals surface area contributed by atoms with E-state index in [1.54, 1.807) is 0 Å². The minimum absolute atomic E-state index is 0.0729. The first-order chi connectivity index (χ1) is 15.9. The van der Waals surface area contributed by atoms with Gasteiger partial charge >= 0.3 is 16.3 Å². The van der Waals surface area contributed by atoms with Gasteiger partial charge in [0.25, 0.3) is 17.7 Å². The van der Waals surface area contributed by atoms with E-state index in [-0.39, 0.29) is 21.0 Å². The molecule has 0 aromatic carbocycles. The SMILES string of the molecule is CO/N=C(\C(=O)N[C@@H]1C(=O)N(S(=O)(=O)O)[C@H]1N1C(=O)CN(C)C1=O)c1csc(NC(=O)CCl)n1. The van der Waals surface area contributed by atoms with Gasteiger partial charge in [-0.05, 0) is 0 Å². The molecule has 3 heterocycles. The highest BCUT2D eigenvalue weighted by Crippen LogP contribution is 2.30. The van der Waals surface area contributed by atoms with E-state index < -0.39 is 64.4 Å². The number of aromatic nitrogens is 1. The molecule has 2 fully saturated rings. The molecule has 0 bridgehead atoms. The number of alkyl halides is 1. The Labute approximate surface area is 200 Å². The fourth-order valence-corrected chi connectivity index (χ4v) is 4.69. The Kier molecular flexibility index (Phi) is 7.05. The number of hydrogen-bond donors (Lipinski definition) is 3. The number of anilines is 1. The second-order valence-corrected chi connectivity index (χ2v) is 9.14. The van der Waals surface area contributed by atoms with Crippen LogP contribution >= 0.6 is 22.9 Å². The monoisotopic (exact) mass is 537 g/mol. The average Bonchev–Trinajstić information content (AvgIpc) is 3.30. The Morgan fingerprint density at radius 1 is 1.38 bits per heavy atom. The van der Waals surface area contributed by atoms with Crippen LogP contribution in [0.3, 0.4) is 0 Å². The maximum absolute atomic E-state index is 12.9. The smallest absolute Gasteiger partial charge is 0.364 e. The van der Waals surface area contributed by atoms with Crippen LogP contribution in [-0.4, -0.2) is 106 Å². The number of carbonyl (C=O) groups is 5. The molecule has 3 N–H and O–H groups in total. The zero-order valence-corrected chi connectivity index (χ0v) is 19.7. The lowest BCUT2D eigenvalue weighted by molar-refractivity contribution is -0.154. The molecule has 1 aromatic heterocycles. The number of oxime groups is 1. The zero-order chi connectivity index (χ0) is 25.4. The van der Waals surface area contributed by atoms with Gasteiger partial charge in [-0.15, -0.1) is 22.9 Å². The van der Waals surface area contributed by atoms with Crippen molar-refractivity contribution in [2.24, 2.45) is 5.16 Å². The van der Waals surface area contributed by atoms with Crippen LogP contribution in [-0.2, 0) is 34.3 Å². The number of thiazole rings is 1. The first-order valence-corrected chi connectivity index (χ1v) is 11.8. The largest absolute Gasteiger partial charge is 0.398 e. The zero-order valence-electron chi connectivity index (χ0n) is 17.3. The Bertz CT molecular complexity index is 1200. The molecule has 2 atom stereocenters. The highest BCUT2D eigenvalue weighted by atomic mass is 35.5. The quantitative estimate of drug-likeness (QED) is 0.0830. The summed E-state index contributed by atoms with van der Waals surface area (Å²) in [7, 11) is -2.80. The van der Waals surface area contributed by atoms with Crippen molar-refractivity contribution in [1.82, 2.24) is 24.4 Å². The second-order valence-electron chi connectivity index (χ2n) is 6.72. The van der Waals surface area contributed by atoms with Crippen molar-refractivity contribution in [2.75, 3.05) is 31.9 Å². The summed E-state index contributed by atoms with van der Waals surface area (Å²) in [5, 5.41) is 9.47.